The maximum atomic E-state index is 3.86. The second-order valence-corrected chi connectivity index (χ2v) is 7.05. The average Bonchev–Trinajstić information content (AvgIpc) is 2.27. The first-order valence-electron chi connectivity index (χ1n) is 7.52. The van der Waals surface area contributed by atoms with Gasteiger partial charge in [0.1, 0.15) is 0 Å². The third kappa shape index (κ3) is 3.69. The Labute approximate surface area is 107 Å². The van der Waals surface area contributed by atoms with Crippen LogP contribution in [0.3, 0.4) is 0 Å². The van der Waals surface area contributed by atoms with Crippen LogP contribution < -0.4 is 10.6 Å². The predicted octanol–water partition coefficient (Wildman–Crippen LogP) is 2.79. The molecule has 0 aromatic rings. The normalized spacial score (nSPS) is 37.9. The first kappa shape index (κ1) is 13.4. The Morgan fingerprint density at radius 2 is 2.06 bits per heavy atom. The van der Waals surface area contributed by atoms with E-state index < -0.39 is 0 Å². The number of rotatable bonds is 3. The van der Waals surface area contributed by atoms with Crippen LogP contribution in [0.5, 0.6) is 0 Å². The van der Waals surface area contributed by atoms with E-state index in [1.165, 1.54) is 45.2 Å². The summed E-state index contributed by atoms with van der Waals surface area (Å²) in [6, 6.07) is 0.709. The topological polar surface area (TPSA) is 24.1 Å². The van der Waals surface area contributed by atoms with Crippen LogP contribution >= 0.6 is 0 Å². The maximum absolute atomic E-state index is 3.86. The van der Waals surface area contributed by atoms with Crippen LogP contribution in [0.4, 0.5) is 0 Å². The monoisotopic (exact) mass is 238 g/mol. The second kappa shape index (κ2) is 5.71. The van der Waals surface area contributed by atoms with Gasteiger partial charge in [0.05, 0.1) is 0 Å². The zero-order chi connectivity index (χ0) is 12.3. The van der Waals surface area contributed by atoms with Crippen molar-refractivity contribution in [2.75, 3.05) is 19.6 Å². The minimum absolute atomic E-state index is 0.415. The van der Waals surface area contributed by atoms with Gasteiger partial charge in [-0.3, -0.25) is 0 Å². The Morgan fingerprint density at radius 1 is 1.24 bits per heavy atom. The van der Waals surface area contributed by atoms with E-state index in [0.717, 1.165) is 18.4 Å². The van der Waals surface area contributed by atoms with Crippen LogP contribution in [0.15, 0.2) is 0 Å². The van der Waals surface area contributed by atoms with Crippen molar-refractivity contribution in [3.05, 3.63) is 0 Å². The molecule has 0 spiro atoms. The van der Waals surface area contributed by atoms with E-state index in [4.69, 9.17) is 0 Å². The summed E-state index contributed by atoms with van der Waals surface area (Å²) in [5, 5.41) is 7.37. The molecular formula is C15H30N2. The van der Waals surface area contributed by atoms with E-state index in [1.54, 1.807) is 0 Å². The molecule has 3 unspecified atom stereocenters. The lowest BCUT2D eigenvalue weighted by Gasteiger charge is -2.41. The van der Waals surface area contributed by atoms with Gasteiger partial charge in [0.15, 0.2) is 0 Å². The van der Waals surface area contributed by atoms with Gasteiger partial charge in [-0.05, 0) is 49.6 Å². The largest absolute Gasteiger partial charge is 0.316 e. The minimum Gasteiger partial charge on any atom is -0.316 e. The molecule has 3 atom stereocenters. The molecule has 100 valence electrons. The van der Waals surface area contributed by atoms with Gasteiger partial charge in [-0.1, -0.05) is 33.6 Å². The van der Waals surface area contributed by atoms with Crippen LogP contribution in [-0.2, 0) is 0 Å². The minimum atomic E-state index is 0.415. The molecule has 1 aliphatic carbocycles. The Balaban J connectivity index is 1.76. The summed E-state index contributed by atoms with van der Waals surface area (Å²) in [4.78, 5) is 0. The predicted molar refractivity (Wildman–Crippen MR) is 74.2 cm³/mol. The summed E-state index contributed by atoms with van der Waals surface area (Å²) in [7, 11) is 0. The Morgan fingerprint density at radius 3 is 2.76 bits per heavy atom. The van der Waals surface area contributed by atoms with Crippen LogP contribution in [-0.4, -0.2) is 25.7 Å². The molecule has 2 aliphatic rings. The molecule has 1 saturated carbocycles. The van der Waals surface area contributed by atoms with Gasteiger partial charge in [-0.2, -0.15) is 0 Å². The Bertz CT molecular complexity index is 237. The molecule has 0 radical (unpaired) electrons. The summed E-state index contributed by atoms with van der Waals surface area (Å²) in [6.07, 6.45) is 7.08. The van der Waals surface area contributed by atoms with Crippen molar-refractivity contribution in [3.8, 4) is 0 Å². The highest BCUT2D eigenvalue weighted by Gasteiger charge is 2.32. The van der Waals surface area contributed by atoms with E-state index in [0.29, 0.717) is 11.5 Å². The SMILES string of the molecule is CC1CCCC(CNC2CCNCC2(C)C)C1. The van der Waals surface area contributed by atoms with E-state index in [1.807, 2.05) is 0 Å². The molecule has 2 N–H and O–H groups in total. The molecule has 1 heterocycles. The Hall–Kier alpha value is -0.0800. The van der Waals surface area contributed by atoms with Crippen molar-refractivity contribution in [1.29, 1.82) is 0 Å². The lowest BCUT2D eigenvalue weighted by atomic mass is 9.78. The number of hydrogen-bond acceptors (Lipinski definition) is 2. The third-order valence-electron chi connectivity index (χ3n) is 4.83. The quantitative estimate of drug-likeness (QED) is 0.790. The smallest absolute Gasteiger partial charge is 0.0142 e. The number of hydrogen-bond donors (Lipinski definition) is 2. The second-order valence-electron chi connectivity index (χ2n) is 7.05. The summed E-state index contributed by atoms with van der Waals surface area (Å²) in [5.74, 6) is 1.89. The fourth-order valence-corrected chi connectivity index (χ4v) is 3.60. The summed E-state index contributed by atoms with van der Waals surface area (Å²) >= 11 is 0. The van der Waals surface area contributed by atoms with Crippen molar-refractivity contribution in [2.24, 2.45) is 17.3 Å². The van der Waals surface area contributed by atoms with E-state index in [-0.39, 0.29) is 0 Å². The standard InChI is InChI=1S/C15H30N2/c1-12-5-4-6-13(9-12)10-17-14-7-8-16-11-15(14,2)3/h12-14,16-17H,4-11H2,1-3H3. The van der Waals surface area contributed by atoms with E-state index >= 15 is 0 Å². The zero-order valence-electron chi connectivity index (χ0n) is 11.9. The number of piperidine rings is 1. The van der Waals surface area contributed by atoms with Gasteiger partial charge in [0.2, 0.25) is 0 Å². The summed E-state index contributed by atoms with van der Waals surface area (Å²) < 4.78 is 0. The van der Waals surface area contributed by atoms with Crippen molar-refractivity contribution in [2.45, 2.75) is 58.9 Å². The van der Waals surface area contributed by atoms with Gasteiger partial charge < -0.3 is 10.6 Å². The molecule has 2 heteroatoms. The molecule has 17 heavy (non-hydrogen) atoms. The first-order valence-corrected chi connectivity index (χ1v) is 7.52. The maximum Gasteiger partial charge on any atom is 0.0142 e. The zero-order valence-corrected chi connectivity index (χ0v) is 11.9. The summed E-state index contributed by atoms with van der Waals surface area (Å²) in [6.45, 7) is 10.8. The van der Waals surface area contributed by atoms with Crippen molar-refractivity contribution >= 4 is 0 Å². The molecule has 1 saturated heterocycles. The van der Waals surface area contributed by atoms with Crippen molar-refractivity contribution in [3.63, 3.8) is 0 Å². The van der Waals surface area contributed by atoms with Crippen LogP contribution in [0.1, 0.15) is 52.9 Å². The van der Waals surface area contributed by atoms with Gasteiger partial charge in [0, 0.05) is 12.6 Å². The van der Waals surface area contributed by atoms with Crippen molar-refractivity contribution < 1.29 is 0 Å². The molecule has 2 rings (SSSR count). The molecule has 0 amide bonds. The molecular weight excluding hydrogens is 208 g/mol. The van der Waals surface area contributed by atoms with Gasteiger partial charge in [-0.15, -0.1) is 0 Å². The highest BCUT2D eigenvalue weighted by Crippen LogP contribution is 2.29. The Kier molecular flexibility index (Phi) is 4.48. The van der Waals surface area contributed by atoms with E-state index in [9.17, 15) is 0 Å². The first-order chi connectivity index (χ1) is 8.08. The fourth-order valence-electron chi connectivity index (χ4n) is 3.60. The summed E-state index contributed by atoms with van der Waals surface area (Å²) in [5.41, 5.74) is 0.415. The van der Waals surface area contributed by atoms with Gasteiger partial charge in [-0.25, -0.2) is 0 Å². The number of nitrogens with one attached hydrogen (secondary N) is 2. The lowest BCUT2D eigenvalue weighted by molar-refractivity contribution is 0.169. The highest BCUT2D eigenvalue weighted by atomic mass is 15.0. The molecule has 2 nitrogen and oxygen atoms in total. The molecule has 1 aliphatic heterocycles. The van der Waals surface area contributed by atoms with Crippen LogP contribution in [0.25, 0.3) is 0 Å². The van der Waals surface area contributed by atoms with Crippen LogP contribution in [0, 0.1) is 17.3 Å². The van der Waals surface area contributed by atoms with E-state index in [2.05, 4.69) is 31.4 Å². The third-order valence-corrected chi connectivity index (χ3v) is 4.83. The van der Waals surface area contributed by atoms with Gasteiger partial charge >= 0.3 is 0 Å². The fraction of sp³-hybridized carbons (Fsp3) is 1.00. The molecule has 0 aromatic carbocycles. The molecule has 2 fully saturated rings. The van der Waals surface area contributed by atoms with Gasteiger partial charge in [0.25, 0.3) is 0 Å². The lowest BCUT2D eigenvalue weighted by Crippen LogP contribution is -2.53. The van der Waals surface area contributed by atoms with Crippen LogP contribution in [0.2, 0.25) is 0 Å². The molecule has 0 bridgehead atoms. The van der Waals surface area contributed by atoms with Crippen molar-refractivity contribution in [1.82, 2.24) is 10.6 Å². The highest BCUT2D eigenvalue weighted by molar-refractivity contribution is 4.90. The molecule has 0 aromatic heterocycles. The average molecular weight is 238 g/mol.